The van der Waals surface area contributed by atoms with E-state index in [-0.39, 0.29) is 17.9 Å². The van der Waals surface area contributed by atoms with Gasteiger partial charge in [-0.15, -0.1) is 0 Å². The Labute approximate surface area is 158 Å². The van der Waals surface area contributed by atoms with Crippen LogP contribution in [-0.2, 0) is 25.9 Å². The number of rotatable bonds is 3. The highest BCUT2D eigenvalue weighted by atomic mass is 16.2. The molecule has 1 saturated carbocycles. The zero-order valence-corrected chi connectivity index (χ0v) is 15.4. The van der Waals surface area contributed by atoms with Crippen molar-refractivity contribution < 1.29 is 9.59 Å². The highest BCUT2D eigenvalue weighted by molar-refractivity contribution is 5.97. The molecule has 0 unspecified atom stereocenters. The molecule has 6 heteroatoms. The molecule has 0 bridgehead atoms. The summed E-state index contributed by atoms with van der Waals surface area (Å²) in [4.78, 5) is 32.3. The van der Waals surface area contributed by atoms with E-state index in [0.29, 0.717) is 24.6 Å². The second kappa shape index (κ2) is 6.51. The number of carbonyl (C=O) groups is 2. The Hall–Kier alpha value is -2.63. The van der Waals surface area contributed by atoms with E-state index in [9.17, 15) is 9.59 Å². The third-order valence-electron chi connectivity index (χ3n) is 5.85. The lowest BCUT2D eigenvalue weighted by Crippen LogP contribution is -2.36. The number of aromatic nitrogens is 2. The number of nitrogens with zero attached hydrogens (tertiary/aromatic N) is 3. The van der Waals surface area contributed by atoms with Gasteiger partial charge in [-0.05, 0) is 49.7 Å². The molecule has 3 heterocycles. The van der Waals surface area contributed by atoms with Crippen molar-refractivity contribution in [3.8, 4) is 0 Å². The van der Waals surface area contributed by atoms with Gasteiger partial charge in [0.2, 0.25) is 0 Å². The predicted molar refractivity (Wildman–Crippen MR) is 101 cm³/mol. The summed E-state index contributed by atoms with van der Waals surface area (Å²) < 4.78 is 1.98. The first-order valence-corrected chi connectivity index (χ1v) is 9.97. The molecule has 0 radical (unpaired) electrons. The monoisotopic (exact) mass is 364 g/mol. The second-order valence-corrected chi connectivity index (χ2v) is 7.83. The van der Waals surface area contributed by atoms with Crippen LogP contribution in [-0.4, -0.2) is 38.9 Å². The Morgan fingerprint density at radius 1 is 1.04 bits per heavy atom. The number of benzene rings is 1. The summed E-state index contributed by atoms with van der Waals surface area (Å²) in [5.74, 6) is 0.238. The van der Waals surface area contributed by atoms with Gasteiger partial charge in [0.1, 0.15) is 5.69 Å². The number of fused-ring (bicyclic) bond motifs is 2. The van der Waals surface area contributed by atoms with Gasteiger partial charge in [-0.2, -0.15) is 0 Å². The molecule has 0 spiro atoms. The molecule has 1 aromatic heterocycles. The SMILES string of the molecule is O=C(NC1CC1)c1nc(C(=O)N2CCc3ccccc3C2)c2n1CCCC2. The van der Waals surface area contributed by atoms with E-state index in [1.54, 1.807) is 0 Å². The second-order valence-electron chi connectivity index (χ2n) is 7.83. The van der Waals surface area contributed by atoms with Crippen LogP contribution in [0.2, 0.25) is 0 Å². The maximum absolute atomic E-state index is 13.3. The van der Waals surface area contributed by atoms with Crippen LogP contribution in [0, 0.1) is 0 Å². The Balaban J connectivity index is 1.45. The summed E-state index contributed by atoms with van der Waals surface area (Å²) in [6, 6.07) is 8.58. The molecule has 2 aromatic rings. The van der Waals surface area contributed by atoms with E-state index in [1.165, 1.54) is 11.1 Å². The zero-order chi connectivity index (χ0) is 18.4. The Morgan fingerprint density at radius 2 is 1.85 bits per heavy atom. The minimum atomic E-state index is -0.135. The topological polar surface area (TPSA) is 67.2 Å². The van der Waals surface area contributed by atoms with Gasteiger partial charge in [-0.1, -0.05) is 24.3 Å². The van der Waals surface area contributed by atoms with Crippen LogP contribution >= 0.6 is 0 Å². The Kier molecular flexibility index (Phi) is 3.99. The molecular weight excluding hydrogens is 340 g/mol. The third-order valence-corrected chi connectivity index (χ3v) is 5.85. The van der Waals surface area contributed by atoms with Crippen LogP contribution < -0.4 is 5.32 Å². The average Bonchev–Trinajstić information content (AvgIpc) is 3.44. The molecule has 1 N–H and O–H groups in total. The van der Waals surface area contributed by atoms with Gasteiger partial charge in [0.05, 0.1) is 5.69 Å². The normalized spacial score (nSPS) is 18.6. The molecule has 2 amide bonds. The van der Waals surface area contributed by atoms with Crippen molar-refractivity contribution in [1.29, 1.82) is 0 Å². The maximum atomic E-state index is 13.3. The fraction of sp³-hybridized carbons (Fsp3) is 0.476. The predicted octanol–water partition coefficient (Wildman–Crippen LogP) is 2.31. The van der Waals surface area contributed by atoms with Gasteiger partial charge < -0.3 is 14.8 Å². The van der Waals surface area contributed by atoms with Crippen molar-refractivity contribution >= 4 is 11.8 Å². The van der Waals surface area contributed by atoms with Crippen LogP contribution in [0.3, 0.4) is 0 Å². The lowest BCUT2D eigenvalue weighted by molar-refractivity contribution is 0.0727. The molecule has 0 atom stereocenters. The number of amides is 2. The molecule has 27 heavy (non-hydrogen) atoms. The standard InChI is InChI=1S/C21H24N4O2/c26-20(22-16-8-9-16)19-23-18(17-7-3-4-11-25(17)19)21(27)24-12-10-14-5-1-2-6-15(14)13-24/h1-2,5-6,16H,3-4,7-13H2,(H,22,26). The summed E-state index contributed by atoms with van der Waals surface area (Å²) in [6.45, 7) is 2.09. The van der Waals surface area contributed by atoms with Crippen LogP contribution in [0.25, 0.3) is 0 Å². The van der Waals surface area contributed by atoms with E-state index >= 15 is 0 Å². The summed E-state index contributed by atoms with van der Waals surface area (Å²) >= 11 is 0. The lowest BCUT2D eigenvalue weighted by atomic mass is 9.99. The van der Waals surface area contributed by atoms with Crippen LogP contribution in [0.5, 0.6) is 0 Å². The quantitative estimate of drug-likeness (QED) is 0.909. The number of imidazole rings is 1. The molecule has 3 aliphatic rings. The van der Waals surface area contributed by atoms with Gasteiger partial charge in [0.15, 0.2) is 5.82 Å². The van der Waals surface area contributed by atoms with Crippen LogP contribution in [0.4, 0.5) is 0 Å². The van der Waals surface area contributed by atoms with E-state index in [1.807, 2.05) is 21.6 Å². The van der Waals surface area contributed by atoms with Crippen molar-refractivity contribution in [3.05, 3.63) is 52.6 Å². The minimum Gasteiger partial charge on any atom is -0.347 e. The molecule has 140 valence electrons. The number of nitrogens with one attached hydrogen (secondary N) is 1. The van der Waals surface area contributed by atoms with Crippen molar-refractivity contribution in [1.82, 2.24) is 19.8 Å². The number of hydrogen-bond acceptors (Lipinski definition) is 3. The molecule has 1 fully saturated rings. The van der Waals surface area contributed by atoms with Gasteiger partial charge in [0.25, 0.3) is 11.8 Å². The minimum absolute atomic E-state index is 0.0411. The molecular formula is C21H24N4O2. The van der Waals surface area contributed by atoms with Crippen LogP contribution in [0.15, 0.2) is 24.3 Å². The van der Waals surface area contributed by atoms with Gasteiger partial charge in [-0.3, -0.25) is 9.59 Å². The molecule has 0 saturated heterocycles. The van der Waals surface area contributed by atoms with Gasteiger partial charge in [0, 0.05) is 25.7 Å². The summed E-state index contributed by atoms with van der Waals surface area (Å²) in [6.07, 6.45) is 5.83. The Morgan fingerprint density at radius 3 is 2.67 bits per heavy atom. The molecule has 1 aromatic carbocycles. The van der Waals surface area contributed by atoms with E-state index < -0.39 is 0 Å². The van der Waals surface area contributed by atoms with Crippen molar-refractivity contribution in [2.75, 3.05) is 6.54 Å². The summed E-state index contributed by atoms with van der Waals surface area (Å²) in [5, 5.41) is 3.02. The fourth-order valence-corrected chi connectivity index (χ4v) is 4.18. The van der Waals surface area contributed by atoms with E-state index in [2.05, 4.69) is 22.4 Å². The molecule has 5 rings (SSSR count). The van der Waals surface area contributed by atoms with E-state index in [0.717, 1.165) is 50.8 Å². The number of hydrogen-bond donors (Lipinski definition) is 1. The number of carbonyl (C=O) groups excluding carboxylic acids is 2. The van der Waals surface area contributed by atoms with E-state index in [4.69, 9.17) is 0 Å². The van der Waals surface area contributed by atoms with Gasteiger partial charge in [-0.25, -0.2) is 4.98 Å². The largest absolute Gasteiger partial charge is 0.347 e. The lowest BCUT2D eigenvalue weighted by Gasteiger charge is -2.28. The fourth-order valence-electron chi connectivity index (χ4n) is 4.18. The van der Waals surface area contributed by atoms with Crippen LogP contribution in [0.1, 0.15) is 63.6 Å². The first-order chi connectivity index (χ1) is 13.2. The Bertz CT molecular complexity index is 913. The molecule has 6 nitrogen and oxygen atoms in total. The summed E-state index contributed by atoms with van der Waals surface area (Å²) in [7, 11) is 0. The van der Waals surface area contributed by atoms with Crippen molar-refractivity contribution in [2.45, 2.75) is 57.7 Å². The third kappa shape index (κ3) is 3.03. The highest BCUT2D eigenvalue weighted by Gasteiger charge is 2.32. The van der Waals surface area contributed by atoms with Crippen molar-refractivity contribution in [2.24, 2.45) is 0 Å². The molecule has 2 aliphatic heterocycles. The van der Waals surface area contributed by atoms with Gasteiger partial charge >= 0.3 is 0 Å². The highest BCUT2D eigenvalue weighted by Crippen LogP contribution is 2.26. The molecule has 1 aliphatic carbocycles. The first kappa shape index (κ1) is 16.5. The average molecular weight is 364 g/mol. The first-order valence-electron chi connectivity index (χ1n) is 9.97. The van der Waals surface area contributed by atoms with Crippen molar-refractivity contribution in [3.63, 3.8) is 0 Å². The summed E-state index contributed by atoms with van der Waals surface area (Å²) in [5.41, 5.74) is 3.94. The smallest absolute Gasteiger partial charge is 0.287 e. The maximum Gasteiger partial charge on any atom is 0.287 e. The zero-order valence-electron chi connectivity index (χ0n) is 15.4.